The van der Waals surface area contributed by atoms with E-state index in [2.05, 4.69) is 40.1 Å². The van der Waals surface area contributed by atoms with Gasteiger partial charge in [0.2, 0.25) is 0 Å². The molecule has 0 aromatic heterocycles. The van der Waals surface area contributed by atoms with E-state index in [9.17, 15) is 8.42 Å². The van der Waals surface area contributed by atoms with Crippen LogP contribution >= 0.6 is 39.9 Å². The van der Waals surface area contributed by atoms with Gasteiger partial charge in [0, 0.05) is 10.2 Å². The van der Waals surface area contributed by atoms with Crippen LogP contribution in [0.5, 0.6) is 0 Å². The lowest BCUT2D eigenvalue weighted by molar-refractivity contribution is 0.596. The molecule has 0 saturated heterocycles. The van der Waals surface area contributed by atoms with Crippen molar-refractivity contribution in [2.45, 2.75) is 24.7 Å². The normalized spacial score (nSPS) is 11.9. The van der Waals surface area contributed by atoms with E-state index in [4.69, 9.17) is 5.73 Å². The first-order valence-corrected chi connectivity index (χ1v) is 10.4. The Kier molecular flexibility index (Phi) is 9.05. The van der Waals surface area contributed by atoms with Gasteiger partial charge in [-0.2, -0.15) is 0 Å². The second-order valence-electron chi connectivity index (χ2n) is 5.94. The van der Waals surface area contributed by atoms with Crippen LogP contribution in [-0.2, 0) is 9.84 Å². The molecule has 0 radical (unpaired) electrons. The highest BCUT2D eigenvalue weighted by Crippen LogP contribution is 2.18. The number of hydrogen-bond acceptors (Lipinski definition) is 3. The van der Waals surface area contributed by atoms with Gasteiger partial charge in [0.05, 0.1) is 17.2 Å². The number of benzene rings is 2. The molecule has 8 heteroatoms. The van der Waals surface area contributed by atoms with Crippen LogP contribution in [0.2, 0.25) is 0 Å². The molecule has 2 rings (SSSR count). The van der Waals surface area contributed by atoms with Gasteiger partial charge >= 0.3 is 0 Å². The molecule has 0 unspecified atom stereocenters. The zero-order valence-electron chi connectivity index (χ0n) is 14.6. The number of nitrogens with zero attached hydrogens (tertiary/aromatic N) is 1. The van der Waals surface area contributed by atoms with Gasteiger partial charge in [0.25, 0.3) is 0 Å². The summed E-state index contributed by atoms with van der Waals surface area (Å²) in [5.74, 6) is 0.520. The average molecular weight is 552 g/mol. The minimum Gasteiger partial charge on any atom is -0.370 e. The molecule has 0 saturated carbocycles. The molecule has 26 heavy (non-hydrogen) atoms. The number of anilines is 1. The summed E-state index contributed by atoms with van der Waals surface area (Å²) in [6.45, 7) is 4.33. The van der Waals surface area contributed by atoms with Crippen molar-refractivity contribution in [2.24, 2.45) is 10.7 Å². The van der Waals surface area contributed by atoms with Crippen molar-refractivity contribution in [1.29, 1.82) is 0 Å². The number of rotatable bonds is 6. The highest BCUT2D eigenvalue weighted by atomic mass is 127. The molecule has 0 aliphatic rings. The number of hydrogen-bond donors (Lipinski definition) is 2. The first-order chi connectivity index (χ1) is 11.8. The predicted molar refractivity (Wildman–Crippen MR) is 122 cm³/mol. The summed E-state index contributed by atoms with van der Waals surface area (Å²) in [6, 6.07) is 14.4. The first kappa shape index (κ1) is 22.9. The quantitative estimate of drug-likeness (QED) is 0.317. The summed E-state index contributed by atoms with van der Waals surface area (Å²) in [5, 5.41) is 3.00. The van der Waals surface area contributed by atoms with Crippen molar-refractivity contribution in [3.8, 4) is 0 Å². The van der Waals surface area contributed by atoms with E-state index in [-0.39, 0.29) is 47.1 Å². The van der Waals surface area contributed by atoms with Gasteiger partial charge in [-0.05, 0) is 47.9 Å². The maximum Gasteiger partial charge on any atom is 0.193 e. The maximum atomic E-state index is 12.3. The molecular weight excluding hydrogens is 529 g/mol. The molecule has 0 amide bonds. The Morgan fingerprint density at radius 1 is 1.19 bits per heavy atom. The third-order valence-electron chi connectivity index (χ3n) is 3.64. The molecule has 0 aliphatic heterocycles. The number of aliphatic imine (C=N–C) groups is 1. The van der Waals surface area contributed by atoms with E-state index < -0.39 is 9.84 Å². The summed E-state index contributed by atoms with van der Waals surface area (Å²) in [4.78, 5) is 4.40. The number of halogens is 2. The van der Waals surface area contributed by atoms with Gasteiger partial charge in [-0.15, -0.1) is 24.0 Å². The molecule has 0 fully saturated rings. The van der Waals surface area contributed by atoms with Gasteiger partial charge in [0.15, 0.2) is 15.8 Å². The Bertz CT molecular complexity index is 853. The van der Waals surface area contributed by atoms with Crippen LogP contribution < -0.4 is 11.1 Å². The Morgan fingerprint density at radius 2 is 1.85 bits per heavy atom. The molecule has 0 atom stereocenters. The minimum absolute atomic E-state index is 0. The molecule has 2 aromatic rings. The molecule has 2 aromatic carbocycles. The van der Waals surface area contributed by atoms with E-state index in [0.717, 1.165) is 10.2 Å². The summed E-state index contributed by atoms with van der Waals surface area (Å²) >= 11 is 3.29. The molecule has 0 heterocycles. The molecular formula is C18H23BrIN3O2S. The smallest absolute Gasteiger partial charge is 0.193 e. The van der Waals surface area contributed by atoms with E-state index in [1.807, 2.05) is 24.3 Å². The second-order valence-corrected chi connectivity index (χ2v) is 8.97. The zero-order chi connectivity index (χ0) is 18.4. The monoisotopic (exact) mass is 551 g/mol. The summed E-state index contributed by atoms with van der Waals surface area (Å²) in [5.41, 5.74) is 7.88. The number of nitrogens with one attached hydrogen (secondary N) is 1. The predicted octanol–water partition coefficient (Wildman–Crippen LogP) is 4.39. The lowest BCUT2D eigenvalue weighted by Gasteiger charge is -2.10. The van der Waals surface area contributed by atoms with Crippen LogP contribution in [0.15, 0.2) is 62.9 Å². The fourth-order valence-corrected chi connectivity index (χ4v) is 3.59. The van der Waals surface area contributed by atoms with Crippen LogP contribution in [0, 0.1) is 0 Å². The van der Waals surface area contributed by atoms with Crippen molar-refractivity contribution in [3.63, 3.8) is 0 Å². The third-order valence-corrected chi connectivity index (χ3v) is 5.88. The van der Waals surface area contributed by atoms with Crippen LogP contribution in [0.1, 0.15) is 25.3 Å². The van der Waals surface area contributed by atoms with Crippen LogP contribution in [0.4, 0.5) is 5.69 Å². The highest BCUT2D eigenvalue weighted by Gasteiger charge is 2.13. The summed E-state index contributed by atoms with van der Waals surface area (Å²) < 4.78 is 25.3. The minimum atomic E-state index is -3.37. The number of nitrogens with two attached hydrogens (primary N) is 1. The van der Waals surface area contributed by atoms with Gasteiger partial charge < -0.3 is 11.1 Å². The van der Waals surface area contributed by atoms with Gasteiger partial charge in [-0.25, -0.2) is 8.42 Å². The number of guanidine groups is 1. The van der Waals surface area contributed by atoms with Gasteiger partial charge in [-0.1, -0.05) is 41.9 Å². The Hall–Kier alpha value is -1.13. The molecule has 0 spiro atoms. The molecule has 3 N–H and O–H groups in total. The molecule has 5 nitrogen and oxygen atoms in total. The zero-order valence-corrected chi connectivity index (χ0v) is 19.4. The average Bonchev–Trinajstić information content (AvgIpc) is 2.55. The SMILES string of the molecule is CC(C)c1cccc(NC(N)=NCCS(=O)(=O)c2ccc(Br)cc2)c1.I. The van der Waals surface area contributed by atoms with Crippen molar-refractivity contribution >= 4 is 61.4 Å². The fourth-order valence-electron chi connectivity index (χ4n) is 2.21. The van der Waals surface area contributed by atoms with E-state index in [1.165, 1.54) is 5.56 Å². The van der Waals surface area contributed by atoms with E-state index in [0.29, 0.717) is 5.92 Å². The second kappa shape index (κ2) is 10.3. The summed E-state index contributed by atoms with van der Waals surface area (Å²) in [7, 11) is -3.37. The van der Waals surface area contributed by atoms with Crippen molar-refractivity contribution < 1.29 is 8.42 Å². The Balaban J connectivity index is 0.00000338. The third kappa shape index (κ3) is 6.88. The van der Waals surface area contributed by atoms with Crippen molar-refractivity contribution in [3.05, 3.63) is 58.6 Å². The van der Waals surface area contributed by atoms with Crippen molar-refractivity contribution in [2.75, 3.05) is 17.6 Å². The molecule has 142 valence electrons. The van der Waals surface area contributed by atoms with Crippen LogP contribution in [0.3, 0.4) is 0 Å². The van der Waals surface area contributed by atoms with Crippen LogP contribution in [-0.4, -0.2) is 26.7 Å². The van der Waals surface area contributed by atoms with E-state index in [1.54, 1.807) is 24.3 Å². The van der Waals surface area contributed by atoms with Crippen LogP contribution in [0.25, 0.3) is 0 Å². The van der Waals surface area contributed by atoms with E-state index >= 15 is 0 Å². The topological polar surface area (TPSA) is 84.5 Å². The standard InChI is InChI=1S/C18H22BrN3O2S.HI/c1-13(2)14-4-3-5-16(12-14)22-18(20)21-10-11-25(23,24)17-8-6-15(19)7-9-17;/h3-9,12-13H,10-11H2,1-2H3,(H3,20,21,22);1H. The molecule has 0 bridgehead atoms. The van der Waals surface area contributed by atoms with Crippen molar-refractivity contribution in [1.82, 2.24) is 0 Å². The highest BCUT2D eigenvalue weighted by molar-refractivity contribution is 14.0. The lowest BCUT2D eigenvalue weighted by atomic mass is 10.0. The lowest BCUT2D eigenvalue weighted by Crippen LogP contribution is -2.24. The summed E-state index contributed by atoms with van der Waals surface area (Å²) in [6.07, 6.45) is 0. The molecule has 0 aliphatic carbocycles. The first-order valence-electron chi connectivity index (χ1n) is 7.93. The van der Waals surface area contributed by atoms with Gasteiger partial charge in [0.1, 0.15) is 0 Å². The largest absolute Gasteiger partial charge is 0.370 e. The maximum absolute atomic E-state index is 12.3. The Morgan fingerprint density at radius 3 is 2.46 bits per heavy atom. The Labute approximate surface area is 180 Å². The number of sulfone groups is 1. The van der Waals surface area contributed by atoms with Gasteiger partial charge in [-0.3, -0.25) is 4.99 Å². The fraction of sp³-hybridized carbons (Fsp3) is 0.278.